The number of aromatic hydroxyl groups is 1. The van der Waals surface area contributed by atoms with Crippen molar-refractivity contribution in [2.24, 2.45) is 0 Å². The molecule has 5 heteroatoms. The minimum absolute atomic E-state index is 0.0564. The second-order valence-electron chi connectivity index (χ2n) is 14.9. The summed E-state index contributed by atoms with van der Waals surface area (Å²) in [4.78, 5) is 14.5. The van der Waals surface area contributed by atoms with Crippen LogP contribution in [0.3, 0.4) is 0 Å². The lowest BCUT2D eigenvalue weighted by Gasteiger charge is -2.21. The Morgan fingerprint density at radius 1 is 0.568 bits per heavy atom. The van der Waals surface area contributed by atoms with Crippen molar-refractivity contribution in [3.05, 3.63) is 95.8 Å². The summed E-state index contributed by atoms with van der Waals surface area (Å²) < 4.78 is 6.43. The summed E-state index contributed by atoms with van der Waals surface area (Å²) in [7, 11) is 0. The van der Waals surface area contributed by atoms with Gasteiger partial charge in [0.25, 0.3) is 0 Å². The largest absolute Gasteiger partial charge is 0.507 e. The fraction of sp³-hybridized carbons (Fsp3) is 0.308. The van der Waals surface area contributed by atoms with Crippen LogP contribution >= 0.6 is 0 Å². The van der Waals surface area contributed by atoms with Gasteiger partial charge >= 0.3 is 0 Å². The monoisotopic (exact) mass is 583 g/mol. The predicted molar refractivity (Wildman–Crippen MR) is 181 cm³/mol. The second kappa shape index (κ2) is 10.3. The van der Waals surface area contributed by atoms with Gasteiger partial charge in [0.05, 0.1) is 16.6 Å². The molecule has 0 bridgehead atoms. The summed E-state index contributed by atoms with van der Waals surface area (Å²) in [5, 5.41) is 10.9. The molecule has 5 nitrogen and oxygen atoms in total. The number of hydrogen-bond acceptors (Lipinski definition) is 5. The minimum Gasteiger partial charge on any atom is -0.507 e. The number of aromatic nitrogens is 3. The Morgan fingerprint density at radius 2 is 1.20 bits per heavy atom. The Bertz CT molecular complexity index is 2030. The molecular formula is C39H41N3O2. The average Bonchev–Trinajstić information content (AvgIpc) is 3.39. The standard InChI is InChI=1S/C39H41N3O2/c1-37(2,3)25-13-14-31(43)29(20-25)36-42-33-28(21-26(38(4,5)6)22-32(33)44-36)24-12-10-11-23(19-24)27-15-17-41-35-30(39(7,8)9)16-18-40-34(27)35/h10-22,43H,1-9H3. The first-order valence-corrected chi connectivity index (χ1v) is 15.3. The molecule has 224 valence electrons. The van der Waals surface area contributed by atoms with Crippen molar-refractivity contribution in [2.75, 3.05) is 0 Å². The van der Waals surface area contributed by atoms with E-state index in [4.69, 9.17) is 19.4 Å². The van der Waals surface area contributed by atoms with Crippen molar-refractivity contribution in [1.82, 2.24) is 15.0 Å². The fourth-order valence-electron chi connectivity index (χ4n) is 5.71. The number of pyridine rings is 2. The summed E-state index contributed by atoms with van der Waals surface area (Å²) in [6, 6.07) is 22.6. The number of fused-ring (bicyclic) bond motifs is 2. The molecule has 3 aromatic heterocycles. The van der Waals surface area contributed by atoms with Gasteiger partial charge in [-0.25, -0.2) is 4.98 Å². The van der Waals surface area contributed by atoms with Crippen molar-refractivity contribution in [1.29, 1.82) is 0 Å². The maximum atomic E-state index is 10.9. The van der Waals surface area contributed by atoms with E-state index in [1.54, 1.807) is 6.07 Å². The lowest BCUT2D eigenvalue weighted by Crippen LogP contribution is -2.12. The third kappa shape index (κ3) is 5.36. The zero-order valence-electron chi connectivity index (χ0n) is 27.2. The van der Waals surface area contributed by atoms with Gasteiger partial charge in [-0.05, 0) is 86.5 Å². The van der Waals surface area contributed by atoms with Crippen LogP contribution in [-0.4, -0.2) is 20.1 Å². The molecule has 1 N–H and O–H groups in total. The molecule has 0 fully saturated rings. The van der Waals surface area contributed by atoms with Crippen LogP contribution in [0.15, 0.2) is 83.5 Å². The zero-order chi connectivity index (χ0) is 31.6. The van der Waals surface area contributed by atoms with E-state index in [2.05, 4.69) is 105 Å². The van der Waals surface area contributed by atoms with Gasteiger partial charge in [0.15, 0.2) is 5.58 Å². The van der Waals surface area contributed by atoms with Crippen LogP contribution in [0.1, 0.15) is 79.0 Å². The molecule has 44 heavy (non-hydrogen) atoms. The van der Waals surface area contributed by atoms with Crippen LogP contribution in [0, 0.1) is 0 Å². The molecule has 0 spiro atoms. The molecule has 0 atom stereocenters. The summed E-state index contributed by atoms with van der Waals surface area (Å²) in [6.45, 7) is 19.7. The predicted octanol–water partition coefficient (Wildman–Crippen LogP) is 10.4. The molecule has 0 unspecified atom stereocenters. The Labute approximate surface area is 260 Å². The smallest absolute Gasteiger partial charge is 0.231 e. The third-order valence-electron chi connectivity index (χ3n) is 8.37. The number of nitrogens with zero attached hydrogens (tertiary/aromatic N) is 3. The molecular weight excluding hydrogens is 542 g/mol. The molecule has 0 radical (unpaired) electrons. The first kappa shape index (κ1) is 29.6. The van der Waals surface area contributed by atoms with Crippen LogP contribution in [0.2, 0.25) is 0 Å². The normalized spacial score (nSPS) is 12.8. The third-order valence-corrected chi connectivity index (χ3v) is 8.37. The molecule has 0 saturated carbocycles. The van der Waals surface area contributed by atoms with Crippen molar-refractivity contribution < 1.29 is 9.52 Å². The lowest BCUT2D eigenvalue weighted by molar-refractivity contribution is 0.472. The first-order chi connectivity index (χ1) is 20.6. The summed E-state index contributed by atoms with van der Waals surface area (Å²) >= 11 is 0. The topological polar surface area (TPSA) is 72.0 Å². The summed E-state index contributed by atoms with van der Waals surface area (Å²) in [5.74, 6) is 0.557. The van der Waals surface area contributed by atoms with Crippen molar-refractivity contribution in [3.63, 3.8) is 0 Å². The van der Waals surface area contributed by atoms with Crippen LogP contribution in [-0.2, 0) is 16.2 Å². The quantitative estimate of drug-likeness (QED) is 0.224. The van der Waals surface area contributed by atoms with Gasteiger partial charge in [-0.1, -0.05) is 86.6 Å². The van der Waals surface area contributed by atoms with E-state index < -0.39 is 0 Å². The highest BCUT2D eigenvalue weighted by Crippen LogP contribution is 2.41. The highest BCUT2D eigenvalue weighted by atomic mass is 16.3. The Hall–Kier alpha value is -4.51. The van der Waals surface area contributed by atoms with Gasteiger partial charge in [0, 0.05) is 23.5 Å². The molecule has 6 aromatic rings. The first-order valence-electron chi connectivity index (χ1n) is 15.3. The number of rotatable bonds is 3. The van der Waals surface area contributed by atoms with Crippen molar-refractivity contribution in [3.8, 4) is 39.5 Å². The van der Waals surface area contributed by atoms with E-state index in [0.29, 0.717) is 17.0 Å². The number of phenolic OH excluding ortho intramolecular Hbond substituents is 1. The second-order valence-corrected chi connectivity index (χ2v) is 14.9. The average molecular weight is 584 g/mol. The zero-order valence-corrected chi connectivity index (χ0v) is 27.2. The number of benzene rings is 3. The molecule has 0 aliphatic rings. The van der Waals surface area contributed by atoms with E-state index in [0.717, 1.165) is 49.9 Å². The highest BCUT2D eigenvalue weighted by Gasteiger charge is 2.24. The molecule has 3 aromatic carbocycles. The lowest BCUT2D eigenvalue weighted by atomic mass is 9.84. The van der Waals surface area contributed by atoms with Crippen LogP contribution in [0.4, 0.5) is 0 Å². The highest BCUT2D eigenvalue weighted by molar-refractivity contribution is 5.97. The SMILES string of the molecule is CC(C)(C)c1ccc(O)c(-c2nc3c(-c4cccc(-c5ccnc6c(C(C)(C)C)ccnc56)c4)cc(C(C)(C)C)cc3o2)c1. The summed E-state index contributed by atoms with van der Waals surface area (Å²) in [5.41, 5.74) is 11.1. The molecule has 6 rings (SSSR count). The van der Waals surface area contributed by atoms with Crippen LogP contribution in [0.5, 0.6) is 5.75 Å². The Morgan fingerprint density at radius 3 is 1.89 bits per heavy atom. The number of oxazole rings is 1. The van der Waals surface area contributed by atoms with E-state index in [-0.39, 0.29) is 22.0 Å². The molecule has 0 saturated heterocycles. The Kier molecular flexibility index (Phi) is 6.92. The van der Waals surface area contributed by atoms with Gasteiger partial charge < -0.3 is 9.52 Å². The van der Waals surface area contributed by atoms with E-state index in [9.17, 15) is 5.11 Å². The van der Waals surface area contributed by atoms with Gasteiger partial charge in [0.1, 0.15) is 11.3 Å². The maximum Gasteiger partial charge on any atom is 0.231 e. The van der Waals surface area contributed by atoms with Gasteiger partial charge in [-0.15, -0.1) is 0 Å². The Balaban J connectivity index is 1.56. The molecule has 0 aliphatic carbocycles. The molecule has 3 heterocycles. The van der Waals surface area contributed by atoms with E-state index >= 15 is 0 Å². The van der Waals surface area contributed by atoms with Crippen LogP contribution in [0.25, 0.3) is 55.8 Å². The van der Waals surface area contributed by atoms with E-state index in [1.807, 2.05) is 30.6 Å². The van der Waals surface area contributed by atoms with E-state index in [1.165, 1.54) is 5.56 Å². The maximum absolute atomic E-state index is 10.9. The summed E-state index contributed by atoms with van der Waals surface area (Å²) in [6.07, 6.45) is 3.76. The molecule has 0 amide bonds. The molecule has 0 aliphatic heterocycles. The van der Waals surface area contributed by atoms with Crippen LogP contribution < -0.4 is 0 Å². The van der Waals surface area contributed by atoms with Gasteiger partial charge in [0.2, 0.25) is 5.89 Å². The minimum atomic E-state index is -0.115. The van der Waals surface area contributed by atoms with Gasteiger partial charge in [-0.3, -0.25) is 9.97 Å². The van der Waals surface area contributed by atoms with Crippen molar-refractivity contribution >= 4 is 22.1 Å². The van der Waals surface area contributed by atoms with Gasteiger partial charge in [-0.2, -0.15) is 0 Å². The number of hydrogen-bond donors (Lipinski definition) is 1. The number of phenols is 1. The van der Waals surface area contributed by atoms with Crippen molar-refractivity contribution in [2.45, 2.75) is 78.6 Å². The fourth-order valence-corrected chi connectivity index (χ4v) is 5.71.